The average Bonchev–Trinajstić information content (AvgIpc) is 2.30. The quantitative estimate of drug-likeness (QED) is 0.732. The molecule has 3 N–H and O–H groups in total. The van der Waals surface area contributed by atoms with Crippen LogP contribution in [0.5, 0.6) is 0 Å². The Labute approximate surface area is 92.6 Å². The first-order valence-electron chi connectivity index (χ1n) is 4.97. The molecular weight excluding hydrogens is 210 g/mol. The summed E-state index contributed by atoms with van der Waals surface area (Å²) in [5.41, 5.74) is 6.32. The molecule has 1 atom stereocenters. The second-order valence-electron chi connectivity index (χ2n) is 3.60. The van der Waals surface area contributed by atoms with Crippen molar-refractivity contribution >= 4 is 11.9 Å². The molecule has 0 bridgehead atoms. The summed E-state index contributed by atoms with van der Waals surface area (Å²) < 4.78 is 5.50. The summed E-state index contributed by atoms with van der Waals surface area (Å²) in [6.45, 7) is 1.15. The van der Waals surface area contributed by atoms with Gasteiger partial charge >= 0.3 is 6.09 Å². The Morgan fingerprint density at radius 1 is 1.62 bits per heavy atom. The monoisotopic (exact) mass is 223 g/mol. The van der Waals surface area contributed by atoms with Crippen molar-refractivity contribution < 1.29 is 14.6 Å². The van der Waals surface area contributed by atoms with E-state index in [0.717, 1.165) is 5.56 Å². The fourth-order valence-electron chi connectivity index (χ4n) is 1.63. The van der Waals surface area contributed by atoms with Crippen molar-refractivity contribution in [2.45, 2.75) is 6.10 Å². The number of nitrogen functional groups attached to an aromatic ring is 1. The lowest BCUT2D eigenvalue weighted by Gasteiger charge is -2.31. The summed E-state index contributed by atoms with van der Waals surface area (Å²) in [7, 11) is 0. The van der Waals surface area contributed by atoms with Gasteiger partial charge in [0, 0.05) is 18.3 Å². The highest BCUT2D eigenvalue weighted by atomic mass is 16.5. The fraction of sp³-hybridized carbons (Fsp3) is 0.400. The number of nitrogens with two attached hydrogens (primary N) is 1. The van der Waals surface area contributed by atoms with E-state index >= 15 is 0 Å². The van der Waals surface area contributed by atoms with Crippen molar-refractivity contribution in [3.05, 3.63) is 23.9 Å². The van der Waals surface area contributed by atoms with Gasteiger partial charge in [0.25, 0.3) is 0 Å². The number of nitrogens with zero attached hydrogens (tertiary/aromatic N) is 2. The lowest BCUT2D eigenvalue weighted by atomic mass is 10.1. The highest BCUT2D eigenvalue weighted by molar-refractivity contribution is 5.65. The van der Waals surface area contributed by atoms with Gasteiger partial charge in [-0.05, 0) is 6.07 Å². The first-order valence-corrected chi connectivity index (χ1v) is 4.97. The van der Waals surface area contributed by atoms with Crippen LogP contribution in [0.15, 0.2) is 18.3 Å². The van der Waals surface area contributed by atoms with E-state index in [1.807, 2.05) is 0 Å². The molecule has 0 spiro atoms. The molecule has 1 unspecified atom stereocenters. The number of hydrogen-bond acceptors (Lipinski definition) is 4. The third-order valence-electron chi connectivity index (χ3n) is 2.52. The van der Waals surface area contributed by atoms with Crippen LogP contribution >= 0.6 is 0 Å². The Balaban J connectivity index is 2.09. The molecule has 1 saturated heterocycles. The number of anilines is 1. The largest absolute Gasteiger partial charge is 0.465 e. The molecule has 6 heteroatoms. The minimum absolute atomic E-state index is 0.252. The molecule has 0 radical (unpaired) electrons. The van der Waals surface area contributed by atoms with Crippen molar-refractivity contribution in [1.29, 1.82) is 0 Å². The van der Waals surface area contributed by atoms with Crippen LogP contribution in [0, 0.1) is 0 Å². The van der Waals surface area contributed by atoms with Gasteiger partial charge in [-0.3, -0.25) is 0 Å². The molecule has 1 fully saturated rings. The summed E-state index contributed by atoms with van der Waals surface area (Å²) >= 11 is 0. The maximum absolute atomic E-state index is 10.8. The summed E-state index contributed by atoms with van der Waals surface area (Å²) in [6.07, 6.45) is 0.445. The first-order chi connectivity index (χ1) is 7.66. The van der Waals surface area contributed by atoms with Crippen molar-refractivity contribution in [3.63, 3.8) is 0 Å². The molecule has 6 nitrogen and oxygen atoms in total. The molecule has 1 amide bonds. The van der Waals surface area contributed by atoms with Gasteiger partial charge in [0.1, 0.15) is 11.9 Å². The molecule has 16 heavy (non-hydrogen) atoms. The molecule has 86 valence electrons. The van der Waals surface area contributed by atoms with Crippen LogP contribution < -0.4 is 5.73 Å². The number of rotatable bonds is 1. The van der Waals surface area contributed by atoms with Gasteiger partial charge in [0.15, 0.2) is 0 Å². The van der Waals surface area contributed by atoms with Gasteiger partial charge in [-0.1, -0.05) is 6.07 Å². The van der Waals surface area contributed by atoms with E-state index in [2.05, 4.69) is 4.98 Å². The van der Waals surface area contributed by atoms with Gasteiger partial charge in [-0.15, -0.1) is 0 Å². The van der Waals surface area contributed by atoms with E-state index in [1.54, 1.807) is 18.3 Å². The lowest BCUT2D eigenvalue weighted by molar-refractivity contribution is -0.0233. The van der Waals surface area contributed by atoms with Crippen LogP contribution in [0.3, 0.4) is 0 Å². The van der Waals surface area contributed by atoms with Gasteiger partial charge in [-0.2, -0.15) is 0 Å². The molecule has 1 aromatic rings. The van der Waals surface area contributed by atoms with E-state index in [1.165, 1.54) is 4.90 Å². The number of carboxylic acid groups (broad SMARTS) is 1. The standard InChI is InChI=1S/C10H13N3O3/c11-9-2-1-7(5-12-9)8-6-13(10(14)15)3-4-16-8/h1-2,5,8H,3-4,6H2,(H2,11,12)(H,14,15). The Hall–Kier alpha value is -1.82. The molecule has 0 saturated carbocycles. The Kier molecular flexibility index (Phi) is 2.91. The van der Waals surface area contributed by atoms with Crippen LogP contribution in [0.1, 0.15) is 11.7 Å². The van der Waals surface area contributed by atoms with E-state index in [4.69, 9.17) is 15.6 Å². The third-order valence-corrected chi connectivity index (χ3v) is 2.52. The highest BCUT2D eigenvalue weighted by Crippen LogP contribution is 2.21. The summed E-state index contributed by atoms with van der Waals surface area (Å²) in [5.74, 6) is 0.439. The zero-order chi connectivity index (χ0) is 11.5. The molecule has 2 heterocycles. The number of morpholine rings is 1. The SMILES string of the molecule is Nc1ccc(C2CN(C(=O)O)CCO2)cn1. The number of pyridine rings is 1. The second-order valence-corrected chi connectivity index (χ2v) is 3.60. The average molecular weight is 223 g/mol. The van der Waals surface area contributed by atoms with Crippen LogP contribution in [0.4, 0.5) is 10.6 Å². The summed E-state index contributed by atoms with van der Waals surface area (Å²) in [6, 6.07) is 3.48. The Bertz CT molecular complexity index is 379. The fourth-order valence-corrected chi connectivity index (χ4v) is 1.63. The van der Waals surface area contributed by atoms with E-state index in [-0.39, 0.29) is 6.10 Å². The van der Waals surface area contributed by atoms with Gasteiger partial charge in [-0.25, -0.2) is 9.78 Å². The van der Waals surface area contributed by atoms with Crippen molar-refractivity contribution in [2.24, 2.45) is 0 Å². The molecule has 0 aliphatic carbocycles. The third kappa shape index (κ3) is 2.22. The van der Waals surface area contributed by atoms with Gasteiger partial charge in [0.05, 0.1) is 13.2 Å². The maximum atomic E-state index is 10.8. The number of aromatic nitrogens is 1. The molecule has 1 aliphatic rings. The highest BCUT2D eigenvalue weighted by Gasteiger charge is 2.24. The summed E-state index contributed by atoms with van der Waals surface area (Å²) in [4.78, 5) is 16.1. The lowest BCUT2D eigenvalue weighted by Crippen LogP contribution is -2.41. The normalized spacial score (nSPS) is 20.8. The zero-order valence-corrected chi connectivity index (χ0v) is 8.67. The van der Waals surface area contributed by atoms with Crippen LogP contribution in [0.2, 0.25) is 0 Å². The smallest absolute Gasteiger partial charge is 0.407 e. The van der Waals surface area contributed by atoms with Crippen LogP contribution in [0.25, 0.3) is 0 Å². The van der Waals surface area contributed by atoms with E-state index in [9.17, 15) is 4.79 Å². The number of hydrogen-bond donors (Lipinski definition) is 2. The number of ether oxygens (including phenoxy) is 1. The number of carbonyl (C=O) groups is 1. The minimum Gasteiger partial charge on any atom is -0.465 e. The molecule has 2 rings (SSSR count). The Morgan fingerprint density at radius 2 is 2.44 bits per heavy atom. The molecular formula is C10H13N3O3. The Morgan fingerprint density at radius 3 is 3.06 bits per heavy atom. The zero-order valence-electron chi connectivity index (χ0n) is 8.67. The van der Waals surface area contributed by atoms with Crippen molar-refractivity contribution in [3.8, 4) is 0 Å². The predicted octanol–water partition coefficient (Wildman–Crippen LogP) is 0.715. The summed E-state index contributed by atoms with van der Waals surface area (Å²) in [5, 5.41) is 8.88. The second kappa shape index (κ2) is 4.36. The van der Waals surface area contributed by atoms with E-state index < -0.39 is 6.09 Å². The predicted molar refractivity (Wildman–Crippen MR) is 56.9 cm³/mol. The van der Waals surface area contributed by atoms with Gasteiger partial charge < -0.3 is 20.5 Å². The van der Waals surface area contributed by atoms with Gasteiger partial charge in [0.2, 0.25) is 0 Å². The molecule has 1 aromatic heterocycles. The molecule has 1 aliphatic heterocycles. The topological polar surface area (TPSA) is 88.7 Å². The van der Waals surface area contributed by atoms with Crippen molar-refractivity contribution in [2.75, 3.05) is 25.4 Å². The number of amides is 1. The first kappa shape index (κ1) is 10.7. The van der Waals surface area contributed by atoms with Crippen LogP contribution in [-0.2, 0) is 4.74 Å². The van der Waals surface area contributed by atoms with Crippen LogP contribution in [-0.4, -0.2) is 40.8 Å². The minimum atomic E-state index is -0.920. The maximum Gasteiger partial charge on any atom is 0.407 e. The van der Waals surface area contributed by atoms with Crippen molar-refractivity contribution in [1.82, 2.24) is 9.88 Å². The molecule has 0 aromatic carbocycles. The van der Waals surface area contributed by atoms with E-state index in [0.29, 0.717) is 25.5 Å².